The molecule has 2 rings (SSSR count). The Bertz CT molecular complexity index is 212. The molecule has 0 aromatic carbocycles. The second-order valence-electron chi connectivity index (χ2n) is 4.19. The highest BCUT2D eigenvalue weighted by Gasteiger charge is 2.41. The van der Waals surface area contributed by atoms with E-state index in [-0.39, 0.29) is 6.04 Å². The average Bonchev–Trinajstić information content (AvgIpc) is 2.97. The molecule has 2 aliphatic rings. The third-order valence-electron chi connectivity index (χ3n) is 3.25. The van der Waals surface area contributed by atoms with Gasteiger partial charge in [0.05, 0.1) is 12.6 Å². The molecule has 3 unspecified atom stereocenters. The number of nitrogens with two attached hydrogens (primary N) is 1. The first-order valence-corrected chi connectivity index (χ1v) is 5.41. The SMILES string of the molecule is CCC1CC1C(N)C1=CCCCO1. The first kappa shape index (κ1) is 9.07. The summed E-state index contributed by atoms with van der Waals surface area (Å²) >= 11 is 0. The van der Waals surface area contributed by atoms with E-state index in [1.807, 2.05) is 0 Å². The summed E-state index contributed by atoms with van der Waals surface area (Å²) in [5, 5.41) is 0. The largest absolute Gasteiger partial charge is 0.497 e. The molecule has 0 aromatic rings. The molecule has 1 saturated carbocycles. The molecule has 1 fully saturated rings. The molecule has 1 aliphatic heterocycles. The maximum absolute atomic E-state index is 6.13. The van der Waals surface area contributed by atoms with Crippen molar-refractivity contribution in [1.29, 1.82) is 0 Å². The highest BCUT2D eigenvalue weighted by Crippen LogP contribution is 2.44. The van der Waals surface area contributed by atoms with E-state index in [0.29, 0.717) is 5.92 Å². The van der Waals surface area contributed by atoms with Crippen molar-refractivity contribution in [2.75, 3.05) is 6.61 Å². The first-order chi connectivity index (χ1) is 6.33. The summed E-state index contributed by atoms with van der Waals surface area (Å²) < 4.78 is 5.57. The zero-order chi connectivity index (χ0) is 9.26. The van der Waals surface area contributed by atoms with Gasteiger partial charge < -0.3 is 10.5 Å². The van der Waals surface area contributed by atoms with Crippen LogP contribution in [0.25, 0.3) is 0 Å². The summed E-state index contributed by atoms with van der Waals surface area (Å²) in [6, 6.07) is 0.185. The molecule has 74 valence electrons. The van der Waals surface area contributed by atoms with Gasteiger partial charge in [0.2, 0.25) is 0 Å². The van der Waals surface area contributed by atoms with Crippen LogP contribution in [0.4, 0.5) is 0 Å². The van der Waals surface area contributed by atoms with Crippen molar-refractivity contribution >= 4 is 0 Å². The molecule has 0 radical (unpaired) electrons. The van der Waals surface area contributed by atoms with Crippen LogP contribution in [-0.2, 0) is 4.74 Å². The van der Waals surface area contributed by atoms with E-state index in [0.717, 1.165) is 31.1 Å². The van der Waals surface area contributed by atoms with Crippen LogP contribution in [0.15, 0.2) is 11.8 Å². The molecule has 0 spiro atoms. The van der Waals surface area contributed by atoms with Gasteiger partial charge in [0.25, 0.3) is 0 Å². The van der Waals surface area contributed by atoms with E-state index < -0.39 is 0 Å². The van der Waals surface area contributed by atoms with Crippen LogP contribution in [0, 0.1) is 11.8 Å². The molecule has 0 aromatic heterocycles. The highest BCUT2D eigenvalue weighted by atomic mass is 16.5. The van der Waals surface area contributed by atoms with E-state index in [9.17, 15) is 0 Å². The lowest BCUT2D eigenvalue weighted by Gasteiger charge is -2.20. The third-order valence-corrected chi connectivity index (χ3v) is 3.25. The lowest BCUT2D eigenvalue weighted by molar-refractivity contribution is 0.170. The highest BCUT2D eigenvalue weighted by molar-refractivity contribution is 5.11. The molecular weight excluding hydrogens is 162 g/mol. The number of ether oxygens (including phenoxy) is 1. The maximum atomic E-state index is 6.13. The predicted molar refractivity (Wildman–Crippen MR) is 53.1 cm³/mol. The van der Waals surface area contributed by atoms with Crippen molar-refractivity contribution in [2.45, 2.75) is 38.6 Å². The Kier molecular flexibility index (Phi) is 2.58. The van der Waals surface area contributed by atoms with Gasteiger partial charge in [-0.1, -0.05) is 13.3 Å². The van der Waals surface area contributed by atoms with Crippen LogP contribution in [0.2, 0.25) is 0 Å². The number of allylic oxidation sites excluding steroid dienone is 1. The molecule has 2 nitrogen and oxygen atoms in total. The van der Waals surface area contributed by atoms with Gasteiger partial charge in [-0.25, -0.2) is 0 Å². The Morgan fingerprint density at radius 1 is 1.69 bits per heavy atom. The smallest absolute Gasteiger partial charge is 0.109 e. The Morgan fingerprint density at radius 2 is 2.54 bits per heavy atom. The number of hydrogen-bond donors (Lipinski definition) is 1. The molecule has 1 heterocycles. The first-order valence-electron chi connectivity index (χ1n) is 5.41. The quantitative estimate of drug-likeness (QED) is 0.723. The minimum Gasteiger partial charge on any atom is -0.497 e. The van der Waals surface area contributed by atoms with E-state index in [4.69, 9.17) is 10.5 Å². The van der Waals surface area contributed by atoms with E-state index in [2.05, 4.69) is 13.0 Å². The lowest BCUT2D eigenvalue weighted by Crippen LogP contribution is -2.28. The van der Waals surface area contributed by atoms with Gasteiger partial charge in [-0.15, -0.1) is 0 Å². The normalized spacial score (nSPS) is 34.8. The fourth-order valence-electron chi connectivity index (χ4n) is 2.20. The topological polar surface area (TPSA) is 35.2 Å². The van der Waals surface area contributed by atoms with Crippen molar-refractivity contribution in [2.24, 2.45) is 17.6 Å². The summed E-state index contributed by atoms with van der Waals surface area (Å²) in [5.41, 5.74) is 6.13. The van der Waals surface area contributed by atoms with Crippen LogP contribution in [0.5, 0.6) is 0 Å². The van der Waals surface area contributed by atoms with Crippen LogP contribution >= 0.6 is 0 Å². The Labute approximate surface area is 80.1 Å². The Morgan fingerprint density at radius 3 is 3.08 bits per heavy atom. The minimum atomic E-state index is 0.185. The number of hydrogen-bond acceptors (Lipinski definition) is 2. The zero-order valence-corrected chi connectivity index (χ0v) is 8.33. The van der Waals surface area contributed by atoms with Gasteiger partial charge in [-0.3, -0.25) is 0 Å². The van der Waals surface area contributed by atoms with Crippen molar-refractivity contribution in [3.05, 3.63) is 11.8 Å². The van der Waals surface area contributed by atoms with Crippen LogP contribution in [0.1, 0.15) is 32.6 Å². The fraction of sp³-hybridized carbons (Fsp3) is 0.818. The summed E-state index contributed by atoms with van der Waals surface area (Å²) in [7, 11) is 0. The minimum absolute atomic E-state index is 0.185. The van der Waals surface area contributed by atoms with Crippen molar-refractivity contribution in [3.8, 4) is 0 Å². The van der Waals surface area contributed by atoms with Gasteiger partial charge in [0.15, 0.2) is 0 Å². The summed E-state index contributed by atoms with van der Waals surface area (Å²) in [4.78, 5) is 0. The van der Waals surface area contributed by atoms with E-state index in [1.54, 1.807) is 0 Å². The predicted octanol–water partition coefficient (Wildman–Crippen LogP) is 2.05. The molecular formula is C11H19NO. The van der Waals surface area contributed by atoms with Crippen molar-refractivity contribution in [1.82, 2.24) is 0 Å². The van der Waals surface area contributed by atoms with E-state index >= 15 is 0 Å². The molecule has 2 N–H and O–H groups in total. The Hall–Kier alpha value is -0.500. The summed E-state index contributed by atoms with van der Waals surface area (Å²) in [6.45, 7) is 3.11. The fourth-order valence-corrected chi connectivity index (χ4v) is 2.20. The van der Waals surface area contributed by atoms with Crippen LogP contribution in [0.3, 0.4) is 0 Å². The molecule has 0 bridgehead atoms. The second kappa shape index (κ2) is 3.70. The number of rotatable bonds is 3. The van der Waals surface area contributed by atoms with Gasteiger partial charge in [0.1, 0.15) is 5.76 Å². The third kappa shape index (κ3) is 1.88. The maximum Gasteiger partial charge on any atom is 0.109 e. The zero-order valence-electron chi connectivity index (χ0n) is 8.33. The molecule has 0 amide bonds. The van der Waals surface area contributed by atoms with Crippen LogP contribution in [-0.4, -0.2) is 12.6 Å². The lowest BCUT2D eigenvalue weighted by atomic mass is 10.1. The monoisotopic (exact) mass is 181 g/mol. The molecule has 13 heavy (non-hydrogen) atoms. The van der Waals surface area contributed by atoms with Gasteiger partial charge in [-0.05, 0) is 37.2 Å². The molecule has 0 saturated heterocycles. The molecule has 2 heteroatoms. The summed E-state index contributed by atoms with van der Waals surface area (Å²) in [5.74, 6) is 2.63. The molecule has 1 aliphatic carbocycles. The van der Waals surface area contributed by atoms with Crippen molar-refractivity contribution in [3.63, 3.8) is 0 Å². The average molecular weight is 181 g/mol. The van der Waals surface area contributed by atoms with Gasteiger partial charge in [0, 0.05) is 0 Å². The standard InChI is InChI=1S/C11H19NO/c1-2-8-7-9(8)11(12)10-5-3-4-6-13-10/h5,8-9,11H,2-4,6-7,12H2,1H3. The van der Waals surface area contributed by atoms with Crippen molar-refractivity contribution < 1.29 is 4.74 Å². The van der Waals surface area contributed by atoms with Gasteiger partial charge in [-0.2, -0.15) is 0 Å². The molecule has 3 atom stereocenters. The van der Waals surface area contributed by atoms with Crippen LogP contribution < -0.4 is 5.73 Å². The Balaban J connectivity index is 1.89. The van der Waals surface area contributed by atoms with E-state index in [1.165, 1.54) is 12.8 Å². The summed E-state index contributed by atoms with van der Waals surface area (Å²) in [6.07, 6.45) is 7.05. The second-order valence-corrected chi connectivity index (χ2v) is 4.19. The van der Waals surface area contributed by atoms with Gasteiger partial charge >= 0.3 is 0 Å².